The minimum absolute atomic E-state index is 0.143. The van der Waals surface area contributed by atoms with Crippen LogP contribution in [0.1, 0.15) is 22.4 Å². The van der Waals surface area contributed by atoms with E-state index in [0.717, 1.165) is 33.6 Å². The first-order chi connectivity index (χ1) is 14.1. The molecule has 0 atom stereocenters. The predicted molar refractivity (Wildman–Crippen MR) is 116 cm³/mol. The molecule has 29 heavy (non-hydrogen) atoms. The van der Waals surface area contributed by atoms with Crippen LogP contribution in [0, 0.1) is 5.82 Å². The molecular formula is C23H18FN5. The molecular weight excluding hydrogens is 365 g/mol. The molecule has 4 rings (SSSR count). The second-order valence-corrected chi connectivity index (χ2v) is 6.41. The zero-order chi connectivity index (χ0) is 20.4. The van der Waals surface area contributed by atoms with Gasteiger partial charge in [0.05, 0.1) is 11.4 Å². The summed E-state index contributed by atoms with van der Waals surface area (Å²) < 4.78 is 14.2. The third-order valence-electron chi connectivity index (χ3n) is 4.72. The molecule has 1 aliphatic carbocycles. The molecule has 3 aromatic rings. The van der Waals surface area contributed by atoms with E-state index in [1.54, 1.807) is 18.5 Å². The van der Waals surface area contributed by atoms with Crippen molar-refractivity contribution in [2.24, 2.45) is 4.99 Å². The average molecular weight is 383 g/mol. The molecule has 0 spiro atoms. The zero-order valence-electron chi connectivity index (χ0n) is 15.7. The summed E-state index contributed by atoms with van der Waals surface area (Å²) in [6, 6.07) is 7.16. The van der Waals surface area contributed by atoms with Crippen LogP contribution in [0.4, 0.5) is 15.9 Å². The summed E-state index contributed by atoms with van der Waals surface area (Å²) >= 11 is 0. The number of nitrogens with zero attached hydrogens (tertiary/aromatic N) is 4. The fraction of sp³-hybridized carbons (Fsp3) is 0.0435. The van der Waals surface area contributed by atoms with Gasteiger partial charge in [0.25, 0.3) is 0 Å². The van der Waals surface area contributed by atoms with Crippen molar-refractivity contribution in [3.05, 3.63) is 90.3 Å². The number of hydrogen-bond donors (Lipinski definition) is 1. The summed E-state index contributed by atoms with van der Waals surface area (Å²) in [7, 11) is 0. The Morgan fingerprint density at radius 3 is 2.69 bits per heavy atom. The van der Waals surface area contributed by atoms with Crippen LogP contribution in [0.5, 0.6) is 0 Å². The number of aliphatic imine (C=N–C) groups is 1. The molecule has 2 heterocycles. The number of allylic oxidation sites excluding steroid dienone is 1. The van der Waals surface area contributed by atoms with E-state index in [1.807, 2.05) is 24.3 Å². The van der Waals surface area contributed by atoms with Gasteiger partial charge in [0.2, 0.25) is 0 Å². The van der Waals surface area contributed by atoms with Crippen LogP contribution in [0.2, 0.25) is 0 Å². The molecule has 0 saturated carbocycles. The normalized spacial score (nSPS) is 12.1. The quantitative estimate of drug-likeness (QED) is 0.595. The van der Waals surface area contributed by atoms with Crippen molar-refractivity contribution < 1.29 is 4.39 Å². The summed E-state index contributed by atoms with van der Waals surface area (Å²) in [5.74, 6) is 0.318. The van der Waals surface area contributed by atoms with Crippen molar-refractivity contribution >= 4 is 29.9 Å². The molecule has 0 radical (unpaired) electrons. The summed E-state index contributed by atoms with van der Waals surface area (Å²) in [5.41, 5.74) is 5.84. The van der Waals surface area contributed by atoms with Crippen molar-refractivity contribution in [1.82, 2.24) is 15.0 Å². The summed E-state index contributed by atoms with van der Waals surface area (Å²) in [5, 5.41) is 2.67. The molecule has 6 heteroatoms. The Kier molecular flexibility index (Phi) is 4.83. The molecule has 2 aromatic heterocycles. The highest BCUT2D eigenvalue weighted by Gasteiger charge is 2.20. The van der Waals surface area contributed by atoms with Crippen molar-refractivity contribution in [2.75, 3.05) is 5.32 Å². The van der Waals surface area contributed by atoms with Gasteiger partial charge in [-0.05, 0) is 42.8 Å². The molecule has 0 aliphatic heterocycles. The van der Waals surface area contributed by atoms with E-state index in [0.29, 0.717) is 17.8 Å². The minimum Gasteiger partial charge on any atom is -0.345 e. The number of pyridine rings is 1. The first kappa shape index (κ1) is 18.4. The van der Waals surface area contributed by atoms with Gasteiger partial charge in [-0.25, -0.2) is 19.3 Å². The molecule has 142 valence electrons. The second-order valence-electron chi connectivity index (χ2n) is 6.41. The fourth-order valence-electron chi connectivity index (χ4n) is 3.31. The summed E-state index contributed by atoms with van der Waals surface area (Å²) in [6.45, 7) is 10.9. The van der Waals surface area contributed by atoms with E-state index in [9.17, 15) is 4.39 Å². The van der Waals surface area contributed by atoms with E-state index in [-0.39, 0.29) is 5.82 Å². The van der Waals surface area contributed by atoms with Gasteiger partial charge < -0.3 is 5.32 Å². The fourth-order valence-corrected chi connectivity index (χ4v) is 3.31. The smallest absolute Gasteiger partial charge is 0.166 e. The Morgan fingerprint density at radius 1 is 1.10 bits per heavy atom. The van der Waals surface area contributed by atoms with Gasteiger partial charge in [0.15, 0.2) is 17.5 Å². The lowest BCUT2D eigenvalue weighted by atomic mass is 10.0. The Balaban J connectivity index is 1.67. The maximum Gasteiger partial charge on any atom is 0.166 e. The van der Waals surface area contributed by atoms with Gasteiger partial charge in [-0.3, -0.25) is 4.99 Å². The number of anilines is 1. The first-order valence-electron chi connectivity index (χ1n) is 8.98. The van der Waals surface area contributed by atoms with E-state index in [2.05, 4.69) is 40.2 Å². The first-order valence-corrected chi connectivity index (χ1v) is 8.98. The van der Waals surface area contributed by atoms with E-state index >= 15 is 0 Å². The third kappa shape index (κ3) is 3.36. The summed E-state index contributed by atoms with van der Waals surface area (Å²) in [4.78, 5) is 17.3. The molecule has 0 saturated heterocycles. The standard InChI is InChI=1S/C23H18FN5/c1-4-14-10-15(6-8-20(14)25-3)22-28-13-18-17(7-9-21(18)29-22)16-11-19(24)23(26-5-2)27-12-16/h4-8,10-13H,1-3,9H2,(H,26,27). The Bertz CT molecular complexity index is 1180. The lowest BCUT2D eigenvalue weighted by molar-refractivity contribution is 0.626. The number of rotatable bonds is 6. The van der Waals surface area contributed by atoms with Crippen LogP contribution in [-0.4, -0.2) is 21.7 Å². The number of aromatic nitrogens is 3. The molecule has 1 aliphatic rings. The van der Waals surface area contributed by atoms with Crippen molar-refractivity contribution in [1.29, 1.82) is 0 Å². The van der Waals surface area contributed by atoms with Crippen LogP contribution in [0.3, 0.4) is 0 Å². The van der Waals surface area contributed by atoms with Crippen LogP contribution in [-0.2, 0) is 6.42 Å². The average Bonchev–Trinajstić information content (AvgIpc) is 3.18. The van der Waals surface area contributed by atoms with Crippen molar-refractivity contribution in [3.8, 4) is 11.4 Å². The second kappa shape index (κ2) is 7.59. The Hall–Kier alpha value is -3.93. The number of halogens is 1. The largest absolute Gasteiger partial charge is 0.345 e. The van der Waals surface area contributed by atoms with E-state index < -0.39 is 5.82 Å². The van der Waals surface area contributed by atoms with Crippen molar-refractivity contribution in [2.45, 2.75) is 6.42 Å². The lowest BCUT2D eigenvalue weighted by Crippen LogP contribution is -1.99. The van der Waals surface area contributed by atoms with Gasteiger partial charge in [-0.1, -0.05) is 25.3 Å². The van der Waals surface area contributed by atoms with Crippen LogP contribution in [0.15, 0.2) is 67.1 Å². The molecule has 1 aromatic carbocycles. The third-order valence-corrected chi connectivity index (χ3v) is 4.72. The highest BCUT2D eigenvalue weighted by atomic mass is 19.1. The molecule has 5 nitrogen and oxygen atoms in total. The topological polar surface area (TPSA) is 63.1 Å². The van der Waals surface area contributed by atoms with Crippen LogP contribution >= 0.6 is 0 Å². The van der Waals surface area contributed by atoms with Gasteiger partial charge in [-0.15, -0.1) is 0 Å². The van der Waals surface area contributed by atoms with Gasteiger partial charge >= 0.3 is 0 Å². The molecule has 0 fully saturated rings. The molecule has 0 unspecified atom stereocenters. The molecule has 1 N–H and O–H groups in total. The zero-order valence-corrected chi connectivity index (χ0v) is 15.7. The lowest BCUT2D eigenvalue weighted by Gasteiger charge is -2.09. The number of hydrogen-bond acceptors (Lipinski definition) is 5. The number of benzene rings is 1. The molecule has 0 amide bonds. The maximum atomic E-state index is 14.2. The van der Waals surface area contributed by atoms with Gasteiger partial charge in [0, 0.05) is 41.1 Å². The minimum atomic E-state index is -0.442. The van der Waals surface area contributed by atoms with Crippen LogP contribution in [0.25, 0.3) is 23.0 Å². The molecule has 0 bridgehead atoms. The van der Waals surface area contributed by atoms with Gasteiger partial charge in [0.1, 0.15) is 0 Å². The Labute approximate surface area is 168 Å². The predicted octanol–water partition coefficient (Wildman–Crippen LogP) is 5.20. The highest BCUT2D eigenvalue weighted by molar-refractivity contribution is 5.84. The van der Waals surface area contributed by atoms with E-state index in [1.165, 1.54) is 12.3 Å². The highest BCUT2D eigenvalue weighted by Crippen LogP contribution is 2.33. The Morgan fingerprint density at radius 2 is 1.97 bits per heavy atom. The van der Waals surface area contributed by atoms with Crippen LogP contribution < -0.4 is 5.32 Å². The van der Waals surface area contributed by atoms with Crippen molar-refractivity contribution in [3.63, 3.8) is 0 Å². The summed E-state index contributed by atoms with van der Waals surface area (Å²) in [6.07, 6.45) is 9.18. The number of nitrogens with one attached hydrogen (secondary N) is 1. The number of fused-ring (bicyclic) bond motifs is 1. The maximum absolute atomic E-state index is 14.2. The van der Waals surface area contributed by atoms with Gasteiger partial charge in [-0.2, -0.15) is 0 Å². The van der Waals surface area contributed by atoms with E-state index in [4.69, 9.17) is 4.98 Å². The SMILES string of the molecule is C=CNc1ncc(C2=CCc3nc(-c4ccc(N=C)c(C=C)c4)ncc32)cc1F. The monoisotopic (exact) mass is 383 g/mol.